The third-order valence-corrected chi connectivity index (χ3v) is 6.46. The zero-order chi connectivity index (χ0) is 25.5. The summed E-state index contributed by atoms with van der Waals surface area (Å²) >= 11 is 0. The summed E-state index contributed by atoms with van der Waals surface area (Å²) in [7, 11) is 3.08. The van der Waals surface area contributed by atoms with Gasteiger partial charge in [0.25, 0.3) is 11.8 Å². The number of amides is 2. The van der Waals surface area contributed by atoms with Crippen LogP contribution in [-0.4, -0.2) is 39.1 Å². The summed E-state index contributed by atoms with van der Waals surface area (Å²) in [5.74, 6) is 0.554. The first-order valence-electron chi connectivity index (χ1n) is 12.3. The Balaban J connectivity index is 1.61. The summed E-state index contributed by atoms with van der Waals surface area (Å²) in [6.07, 6.45) is 3.39. The van der Waals surface area contributed by atoms with Gasteiger partial charge in [0.1, 0.15) is 11.5 Å². The van der Waals surface area contributed by atoms with Crippen LogP contribution >= 0.6 is 0 Å². The first-order valence-corrected chi connectivity index (χ1v) is 12.3. The fourth-order valence-electron chi connectivity index (χ4n) is 4.45. The lowest BCUT2D eigenvalue weighted by Gasteiger charge is -2.31. The maximum atomic E-state index is 13.5. The number of benzene rings is 3. The van der Waals surface area contributed by atoms with E-state index < -0.39 is 0 Å². The topological polar surface area (TPSA) is 79.9 Å². The Morgan fingerprint density at radius 1 is 0.833 bits per heavy atom. The molecule has 1 aliphatic rings. The number of hydrogen-bond donors (Lipinski definition) is 2. The third-order valence-electron chi connectivity index (χ3n) is 6.46. The lowest BCUT2D eigenvalue weighted by Crippen LogP contribution is -2.33. The van der Waals surface area contributed by atoms with Crippen LogP contribution in [0.3, 0.4) is 0 Å². The van der Waals surface area contributed by atoms with Gasteiger partial charge < -0.3 is 25.0 Å². The van der Waals surface area contributed by atoms with Crippen LogP contribution in [0, 0.1) is 0 Å². The van der Waals surface area contributed by atoms with Crippen LogP contribution in [-0.2, 0) is 0 Å². The van der Waals surface area contributed by atoms with Crippen molar-refractivity contribution in [2.75, 3.05) is 37.5 Å². The lowest BCUT2D eigenvalue weighted by molar-refractivity contribution is 0.0939. The molecule has 7 heteroatoms. The van der Waals surface area contributed by atoms with Crippen LogP contribution in [0.1, 0.15) is 58.5 Å². The van der Waals surface area contributed by atoms with Gasteiger partial charge in [-0.3, -0.25) is 9.59 Å². The molecular weight excluding hydrogens is 454 g/mol. The normalized spacial score (nSPS) is 14.0. The van der Waals surface area contributed by atoms with Crippen LogP contribution in [0.4, 0.5) is 11.4 Å². The Bertz CT molecular complexity index is 1180. The van der Waals surface area contributed by atoms with Gasteiger partial charge in [-0.1, -0.05) is 30.3 Å². The average molecular weight is 488 g/mol. The molecule has 0 bridgehead atoms. The first-order chi connectivity index (χ1) is 17.5. The van der Waals surface area contributed by atoms with E-state index in [2.05, 4.69) is 15.5 Å². The molecule has 188 valence electrons. The second kappa shape index (κ2) is 11.6. The van der Waals surface area contributed by atoms with E-state index in [4.69, 9.17) is 9.47 Å². The molecule has 1 saturated heterocycles. The van der Waals surface area contributed by atoms with Crippen LogP contribution < -0.4 is 25.0 Å². The zero-order valence-electron chi connectivity index (χ0n) is 21.0. The van der Waals surface area contributed by atoms with E-state index in [0.717, 1.165) is 37.2 Å². The van der Waals surface area contributed by atoms with Gasteiger partial charge >= 0.3 is 0 Å². The highest BCUT2D eigenvalue weighted by Gasteiger charge is 2.21. The third kappa shape index (κ3) is 5.97. The quantitative estimate of drug-likeness (QED) is 0.442. The smallest absolute Gasteiger partial charge is 0.255 e. The minimum atomic E-state index is -0.318. The Morgan fingerprint density at radius 3 is 2.14 bits per heavy atom. The molecule has 1 fully saturated rings. The summed E-state index contributed by atoms with van der Waals surface area (Å²) in [6, 6.07) is 20.2. The Labute approximate surface area is 212 Å². The zero-order valence-corrected chi connectivity index (χ0v) is 21.0. The molecule has 3 aromatic carbocycles. The van der Waals surface area contributed by atoms with Crippen LogP contribution in [0.25, 0.3) is 0 Å². The molecular formula is C29H33N3O4. The Kier molecular flexibility index (Phi) is 8.10. The molecule has 0 spiro atoms. The fraction of sp³-hybridized carbons (Fsp3) is 0.310. The van der Waals surface area contributed by atoms with E-state index >= 15 is 0 Å². The monoisotopic (exact) mass is 487 g/mol. The Hall–Kier alpha value is -4.00. The highest BCUT2D eigenvalue weighted by Crippen LogP contribution is 2.29. The van der Waals surface area contributed by atoms with Crippen molar-refractivity contribution in [3.05, 3.63) is 83.4 Å². The second-order valence-electron chi connectivity index (χ2n) is 8.94. The van der Waals surface area contributed by atoms with E-state index in [-0.39, 0.29) is 17.9 Å². The number of carbonyl (C=O) groups is 2. The lowest BCUT2D eigenvalue weighted by atomic mass is 10.0. The molecule has 3 aromatic rings. The largest absolute Gasteiger partial charge is 0.497 e. The van der Waals surface area contributed by atoms with E-state index in [1.54, 1.807) is 24.3 Å². The molecule has 0 aromatic heterocycles. The number of piperidine rings is 1. The first kappa shape index (κ1) is 25.1. The molecule has 1 aliphatic heterocycles. The number of anilines is 2. The molecule has 1 atom stereocenters. The maximum Gasteiger partial charge on any atom is 0.255 e. The predicted molar refractivity (Wildman–Crippen MR) is 142 cm³/mol. The number of carbonyl (C=O) groups excluding carboxylic acids is 2. The molecule has 0 saturated carbocycles. The number of methoxy groups -OCH3 is 2. The molecule has 36 heavy (non-hydrogen) atoms. The number of hydrogen-bond acceptors (Lipinski definition) is 5. The van der Waals surface area contributed by atoms with E-state index in [1.165, 1.54) is 20.6 Å². The number of ether oxygens (including phenoxy) is 2. The maximum absolute atomic E-state index is 13.5. The van der Waals surface area contributed by atoms with E-state index in [0.29, 0.717) is 28.3 Å². The minimum Gasteiger partial charge on any atom is -0.497 e. The van der Waals surface area contributed by atoms with E-state index in [1.807, 2.05) is 49.4 Å². The van der Waals surface area contributed by atoms with Gasteiger partial charge in [0.05, 0.1) is 25.8 Å². The van der Waals surface area contributed by atoms with Gasteiger partial charge in [-0.25, -0.2) is 0 Å². The summed E-state index contributed by atoms with van der Waals surface area (Å²) in [5, 5.41) is 6.05. The van der Waals surface area contributed by atoms with Crippen molar-refractivity contribution in [2.24, 2.45) is 0 Å². The van der Waals surface area contributed by atoms with Gasteiger partial charge in [-0.05, 0) is 62.1 Å². The van der Waals surface area contributed by atoms with Crippen molar-refractivity contribution >= 4 is 23.2 Å². The molecule has 0 aliphatic carbocycles. The minimum absolute atomic E-state index is 0.157. The number of nitrogens with zero attached hydrogens (tertiary/aromatic N) is 1. The summed E-state index contributed by atoms with van der Waals surface area (Å²) in [5.41, 5.74) is 3.39. The second-order valence-corrected chi connectivity index (χ2v) is 8.94. The van der Waals surface area contributed by atoms with Crippen molar-refractivity contribution in [3.8, 4) is 11.5 Å². The standard InChI is InChI=1S/C29H33N3O4/c1-20(21-10-6-4-7-11-21)30-29(34)26-18-23(12-13-27(26)32-14-8-5-9-15-32)31-28(33)22-16-24(35-2)19-25(17-22)36-3/h4,6-7,10-13,16-20H,5,8-9,14-15H2,1-3H3,(H,30,34)(H,31,33). The number of nitrogens with one attached hydrogen (secondary N) is 2. The molecule has 1 unspecified atom stereocenters. The molecule has 0 radical (unpaired) electrons. The molecule has 4 rings (SSSR count). The highest BCUT2D eigenvalue weighted by molar-refractivity contribution is 6.06. The van der Waals surface area contributed by atoms with Crippen molar-refractivity contribution in [1.29, 1.82) is 0 Å². The fourth-order valence-corrected chi connectivity index (χ4v) is 4.45. The van der Waals surface area contributed by atoms with Crippen LogP contribution in [0.5, 0.6) is 11.5 Å². The molecule has 2 amide bonds. The summed E-state index contributed by atoms with van der Waals surface area (Å²) in [4.78, 5) is 28.8. The van der Waals surface area contributed by atoms with Gasteiger partial charge in [-0.15, -0.1) is 0 Å². The summed E-state index contributed by atoms with van der Waals surface area (Å²) < 4.78 is 10.6. The molecule has 1 heterocycles. The SMILES string of the molecule is COc1cc(OC)cc(C(=O)Nc2ccc(N3CCCCC3)c(C(=O)NC(C)c3ccccc3)c2)c1. The van der Waals surface area contributed by atoms with Gasteiger partial charge in [0.15, 0.2) is 0 Å². The van der Waals surface area contributed by atoms with Crippen molar-refractivity contribution in [2.45, 2.75) is 32.2 Å². The van der Waals surface area contributed by atoms with Crippen LogP contribution in [0.15, 0.2) is 66.7 Å². The van der Waals surface area contributed by atoms with Gasteiger partial charge in [-0.2, -0.15) is 0 Å². The van der Waals surface area contributed by atoms with Crippen molar-refractivity contribution < 1.29 is 19.1 Å². The summed E-state index contributed by atoms with van der Waals surface area (Å²) in [6.45, 7) is 3.78. The van der Waals surface area contributed by atoms with E-state index in [9.17, 15) is 9.59 Å². The van der Waals surface area contributed by atoms with Gasteiger partial charge in [0.2, 0.25) is 0 Å². The van der Waals surface area contributed by atoms with Gasteiger partial charge in [0, 0.05) is 36.1 Å². The molecule has 2 N–H and O–H groups in total. The predicted octanol–water partition coefficient (Wildman–Crippen LogP) is 5.44. The highest BCUT2D eigenvalue weighted by atomic mass is 16.5. The average Bonchev–Trinajstić information content (AvgIpc) is 2.93. The van der Waals surface area contributed by atoms with Crippen LogP contribution in [0.2, 0.25) is 0 Å². The van der Waals surface area contributed by atoms with Crippen molar-refractivity contribution in [3.63, 3.8) is 0 Å². The number of rotatable bonds is 8. The Morgan fingerprint density at radius 2 is 1.50 bits per heavy atom. The van der Waals surface area contributed by atoms with Crippen molar-refractivity contribution in [1.82, 2.24) is 5.32 Å². The molecule has 7 nitrogen and oxygen atoms in total.